The SMILES string of the molecule is CC(C)(C)OC(=O)NN=Cc1ccc(C(C)(C=O)CC=O)cc1. The Hall–Kier alpha value is -2.50. The Morgan fingerprint density at radius 1 is 1.17 bits per heavy atom. The number of ether oxygens (including phenoxy) is 1. The van der Waals surface area contributed by atoms with Gasteiger partial charge in [-0.3, -0.25) is 0 Å². The molecule has 124 valence electrons. The van der Waals surface area contributed by atoms with E-state index >= 15 is 0 Å². The van der Waals surface area contributed by atoms with E-state index in [1.807, 2.05) is 0 Å². The van der Waals surface area contributed by atoms with Crippen molar-refractivity contribution in [3.8, 4) is 0 Å². The summed E-state index contributed by atoms with van der Waals surface area (Å²) in [6.07, 6.45) is 2.46. The van der Waals surface area contributed by atoms with Gasteiger partial charge in [0.25, 0.3) is 0 Å². The second-order valence-corrected chi connectivity index (χ2v) is 6.40. The van der Waals surface area contributed by atoms with Crippen molar-refractivity contribution in [2.75, 3.05) is 0 Å². The molecule has 6 heteroatoms. The van der Waals surface area contributed by atoms with Crippen molar-refractivity contribution >= 4 is 24.9 Å². The molecule has 1 aromatic rings. The molecule has 1 N–H and O–H groups in total. The van der Waals surface area contributed by atoms with Gasteiger partial charge in [-0.15, -0.1) is 0 Å². The van der Waals surface area contributed by atoms with E-state index in [2.05, 4.69) is 10.5 Å². The van der Waals surface area contributed by atoms with Crippen LogP contribution in [0.1, 0.15) is 45.2 Å². The topological polar surface area (TPSA) is 84.8 Å². The van der Waals surface area contributed by atoms with E-state index in [0.717, 1.165) is 23.7 Å². The number of carbonyl (C=O) groups excluding carboxylic acids is 3. The first kappa shape index (κ1) is 18.5. The third kappa shape index (κ3) is 6.02. The molecule has 1 amide bonds. The fourth-order valence-electron chi connectivity index (χ4n) is 1.82. The summed E-state index contributed by atoms with van der Waals surface area (Å²) in [5.74, 6) is 0. The molecule has 23 heavy (non-hydrogen) atoms. The Balaban J connectivity index is 2.70. The van der Waals surface area contributed by atoms with Crippen molar-refractivity contribution < 1.29 is 19.1 Å². The molecule has 1 rings (SSSR count). The average molecular weight is 318 g/mol. The number of carbonyl (C=O) groups is 3. The molecule has 1 atom stereocenters. The van der Waals surface area contributed by atoms with E-state index in [1.54, 1.807) is 52.0 Å². The Morgan fingerprint density at radius 3 is 2.26 bits per heavy atom. The van der Waals surface area contributed by atoms with Crippen LogP contribution in [0.2, 0.25) is 0 Å². The summed E-state index contributed by atoms with van der Waals surface area (Å²) >= 11 is 0. The van der Waals surface area contributed by atoms with Crippen LogP contribution in [-0.4, -0.2) is 30.5 Å². The van der Waals surface area contributed by atoms with Gasteiger partial charge in [0.1, 0.15) is 18.2 Å². The average Bonchev–Trinajstić information content (AvgIpc) is 2.46. The summed E-state index contributed by atoms with van der Waals surface area (Å²) < 4.78 is 5.05. The van der Waals surface area contributed by atoms with Gasteiger partial charge in [-0.25, -0.2) is 10.2 Å². The predicted molar refractivity (Wildman–Crippen MR) is 87.5 cm³/mol. The van der Waals surface area contributed by atoms with Crippen LogP contribution in [0.4, 0.5) is 4.79 Å². The highest BCUT2D eigenvalue weighted by Crippen LogP contribution is 2.24. The van der Waals surface area contributed by atoms with Crippen LogP contribution < -0.4 is 5.43 Å². The number of hydrogen-bond acceptors (Lipinski definition) is 5. The number of nitrogens with zero attached hydrogens (tertiary/aromatic N) is 1. The molecule has 0 saturated heterocycles. The maximum Gasteiger partial charge on any atom is 0.428 e. The maximum atomic E-state index is 11.4. The highest BCUT2D eigenvalue weighted by atomic mass is 16.6. The molecule has 0 aliphatic carbocycles. The molecule has 0 saturated carbocycles. The molecule has 1 unspecified atom stereocenters. The van der Waals surface area contributed by atoms with E-state index in [9.17, 15) is 14.4 Å². The van der Waals surface area contributed by atoms with Crippen molar-refractivity contribution in [1.82, 2.24) is 5.43 Å². The Morgan fingerprint density at radius 2 is 1.78 bits per heavy atom. The first-order valence-corrected chi connectivity index (χ1v) is 7.23. The number of rotatable bonds is 6. The molecule has 0 aliphatic heterocycles. The highest BCUT2D eigenvalue weighted by Gasteiger charge is 2.25. The van der Waals surface area contributed by atoms with Crippen LogP contribution in [-0.2, 0) is 19.7 Å². The first-order chi connectivity index (χ1) is 10.7. The summed E-state index contributed by atoms with van der Waals surface area (Å²) in [6, 6.07) is 7.02. The smallest absolute Gasteiger partial charge is 0.428 e. The fraction of sp³-hybridized carbons (Fsp3) is 0.412. The first-order valence-electron chi connectivity index (χ1n) is 7.23. The molecule has 0 bridgehead atoms. The van der Waals surface area contributed by atoms with E-state index in [-0.39, 0.29) is 6.42 Å². The maximum absolute atomic E-state index is 11.4. The zero-order chi connectivity index (χ0) is 17.5. The lowest BCUT2D eigenvalue weighted by atomic mass is 9.81. The molecule has 0 fully saturated rings. The Labute approximate surface area is 135 Å². The zero-order valence-electron chi connectivity index (χ0n) is 13.8. The predicted octanol–water partition coefficient (Wildman–Crippen LogP) is 2.59. The van der Waals surface area contributed by atoms with E-state index in [4.69, 9.17) is 4.74 Å². The van der Waals surface area contributed by atoms with Gasteiger partial charge in [-0.1, -0.05) is 24.3 Å². The van der Waals surface area contributed by atoms with Gasteiger partial charge < -0.3 is 14.3 Å². The normalized spacial score (nSPS) is 14.1. The molecular weight excluding hydrogens is 296 g/mol. The minimum Gasteiger partial charge on any atom is -0.443 e. The van der Waals surface area contributed by atoms with Gasteiger partial charge in [-0.05, 0) is 38.8 Å². The van der Waals surface area contributed by atoms with Crippen molar-refractivity contribution in [3.63, 3.8) is 0 Å². The van der Waals surface area contributed by atoms with Crippen LogP contribution in [0.25, 0.3) is 0 Å². The lowest BCUT2D eigenvalue weighted by Crippen LogP contribution is -2.29. The summed E-state index contributed by atoms with van der Waals surface area (Å²) in [5.41, 5.74) is 2.35. The minimum atomic E-state index is -0.827. The van der Waals surface area contributed by atoms with E-state index in [1.165, 1.54) is 6.21 Å². The third-order valence-electron chi connectivity index (χ3n) is 3.11. The lowest BCUT2D eigenvalue weighted by Gasteiger charge is -2.20. The van der Waals surface area contributed by atoms with Crippen molar-refractivity contribution in [1.29, 1.82) is 0 Å². The van der Waals surface area contributed by atoms with Crippen LogP contribution in [0.5, 0.6) is 0 Å². The lowest BCUT2D eigenvalue weighted by molar-refractivity contribution is -0.116. The van der Waals surface area contributed by atoms with Crippen molar-refractivity contribution in [3.05, 3.63) is 35.4 Å². The van der Waals surface area contributed by atoms with Gasteiger partial charge in [-0.2, -0.15) is 5.10 Å². The van der Waals surface area contributed by atoms with Gasteiger partial charge in [0.05, 0.1) is 11.6 Å². The van der Waals surface area contributed by atoms with E-state index < -0.39 is 17.1 Å². The van der Waals surface area contributed by atoms with Gasteiger partial charge in [0.2, 0.25) is 0 Å². The highest BCUT2D eigenvalue weighted by molar-refractivity contribution is 5.81. The summed E-state index contributed by atoms with van der Waals surface area (Å²) in [6.45, 7) is 7.00. The van der Waals surface area contributed by atoms with Crippen LogP contribution in [0, 0.1) is 0 Å². The van der Waals surface area contributed by atoms with Crippen LogP contribution in [0.3, 0.4) is 0 Å². The molecular formula is C17H22N2O4. The van der Waals surface area contributed by atoms with Gasteiger partial charge in [0.15, 0.2) is 0 Å². The van der Waals surface area contributed by atoms with Crippen LogP contribution in [0.15, 0.2) is 29.4 Å². The second-order valence-electron chi connectivity index (χ2n) is 6.40. The Bertz CT molecular complexity index is 588. The quantitative estimate of drug-likeness (QED) is 0.496. The largest absolute Gasteiger partial charge is 0.443 e. The summed E-state index contributed by atoms with van der Waals surface area (Å²) in [5, 5.41) is 3.80. The fourth-order valence-corrected chi connectivity index (χ4v) is 1.82. The number of amides is 1. The second kappa shape index (κ2) is 7.67. The van der Waals surface area contributed by atoms with Crippen molar-refractivity contribution in [2.24, 2.45) is 5.10 Å². The van der Waals surface area contributed by atoms with Crippen LogP contribution >= 0.6 is 0 Å². The minimum absolute atomic E-state index is 0.129. The molecule has 0 aromatic heterocycles. The molecule has 0 heterocycles. The molecule has 0 spiro atoms. The number of aldehydes is 2. The number of hydrazone groups is 1. The molecule has 0 aliphatic rings. The molecule has 6 nitrogen and oxygen atoms in total. The van der Waals surface area contributed by atoms with Gasteiger partial charge in [0, 0.05) is 6.42 Å². The summed E-state index contributed by atoms with van der Waals surface area (Å²) in [4.78, 5) is 33.3. The molecule has 0 radical (unpaired) electrons. The molecule has 1 aromatic carbocycles. The summed E-state index contributed by atoms with van der Waals surface area (Å²) in [7, 11) is 0. The third-order valence-corrected chi connectivity index (χ3v) is 3.11. The van der Waals surface area contributed by atoms with E-state index in [0.29, 0.717) is 0 Å². The Kier molecular flexibility index (Phi) is 6.18. The number of benzene rings is 1. The van der Waals surface area contributed by atoms with Crippen molar-refractivity contribution in [2.45, 2.75) is 45.1 Å². The number of hydrogen-bond donors (Lipinski definition) is 1. The monoisotopic (exact) mass is 318 g/mol. The number of nitrogens with one attached hydrogen (secondary N) is 1. The van der Waals surface area contributed by atoms with Gasteiger partial charge >= 0.3 is 6.09 Å². The standard InChI is InChI=1S/C17H22N2O4/c1-16(2,3)23-15(22)19-18-11-13-5-7-14(8-6-13)17(4,12-21)9-10-20/h5-8,10-12H,9H2,1-4H3,(H,19,22). The zero-order valence-corrected chi connectivity index (χ0v) is 13.8.